The number of carbonyl (C=O) groups is 2. The Kier molecular flexibility index (Phi) is 11.0. The Bertz CT molecular complexity index is 345. The molecule has 0 spiro atoms. The number of thiophene rings is 1. The van der Waals surface area contributed by atoms with E-state index in [9.17, 15) is 9.59 Å². The summed E-state index contributed by atoms with van der Waals surface area (Å²) < 4.78 is 4.64. The van der Waals surface area contributed by atoms with Crippen LogP contribution in [-0.4, -0.2) is 34.9 Å². The molecule has 110 valence electrons. The Hall–Kier alpha value is -1.40. The molecule has 1 aromatic rings. The van der Waals surface area contributed by atoms with Crippen LogP contribution in [0.25, 0.3) is 0 Å². The van der Waals surface area contributed by atoms with Gasteiger partial charge in [0.1, 0.15) is 0 Å². The minimum atomic E-state index is -2.19. The molecule has 0 saturated heterocycles. The molecule has 0 aliphatic heterocycles. The molecule has 0 aliphatic carbocycles. The molecule has 0 aliphatic rings. The third-order valence-electron chi connectivity index (χ3n) is 2.07. The van der Waals surface area contributed by atoms with Crippen molar-refractivity contribution in [2.24, 2.45) is 0 Å². The van der Waals surface area contributed by atoms with Gasteiger partial charge in [-0.25, -0.2) is 9.59 Å². The van der Waals surface area contributed by atoms with Crippen molar-refractivity contribution in [3.8, 4) is 0 Å². The van der Waals surface area contributed by atoms with Crippen LogP contribution in [0.2, 0.25) is 0 Å². The summed E-state index contributed by atoms with van der Waals surface area (Å²) in [6, 6.07) is 1.67. The van der Waals surface area contributed by atoms with Crippen molar-refractivity contribution in [3.05, 3.63) is 22.4 Å². The zero-order valence-corrected chi connectivity index (χ0v) is 12.8. The molecule has 0 saturated carbocycles. The van der Waals surface area contributed by atoms with Crippen LogP contribution in [0.5, 0.6) is 0 Å². The summed E-state index contributed by atoms with van der Waals surface area (Å²) in [5.41, 5.74) is -1.56. The molecule has 1 heterocycles. The monoisotopic (exact) mass is 290 g/mol. The van der Waals surface area contributed by atoms with Gasteiger partial charge < -0.3 is 14.9 Å². The van der Waals surface area contributed by atoms with Crippen molar-refractivity contribution < 1.29 is 24.5 Å². The Morgan fingerprint density at radius 3 is 1.95 bits per heavy atom. The smallest absolute Gasteiger partial charge is 0.348 e. The van der Waals surface area contributed by atoms with Gasteiger partial charge in [0.15, 0.2) is 0 Å². The normalized spacial score (nSPS) is 9.53. The molecule has 0 amide bonds. The Balaban J connectivity index is 0. The summed E-state index contributed by atoms with van der Waals surface area (Å²) in [6.07, 6.45) is -0.183. The zero-order chi connectivity index (χ0) is 15.5. The number of carboxylic acids is 2. The predicted octanol–water partition coefficient (Wildman–Crippen LogP) is 2.90. The van der Waals surface area contributed by atoms with Crippen LogP contribution < -0.4 is 0 Å². The van der Waals surface area contributed by atoms with E-state index >= 15 is 0 Å². The maximum Gasteiger partial charge on any atom is 0.348 e. The number of aliphatic carboxylic acids is 2. The molecule has 19 heavy (non-hydrogen) atoms. The second-order valence-corrected chi connectivity index (χ2v) is 3.73. The predicted molar refractivity (Wildman–Crippen MR) is 75.7 cm³/mol. The Labute approximate surface area is 117 Å². The number of ether oxygens (including phenoxy) is 1. The average molecular weight is 290 g/mol. The van der Waals surface area contributed by atoms with E-state index in [2.05, 4.69) is 4.74 Å². The highest BCUT2D eigenvalue weighted by Gasteiger charge is 2.47. The first-order valence-corrected chi connectivity index (χ1v) is 7.00. The van der Waals surface area contributed by atoms with Gasteiger partial charge in [0, 0.05) is 13.5 Å². The summed E-state index contributed by atoms with van der Waals surface area (Å²) in [6.45, 7) is 8.00. The summed E-state index contributed by atoms with van der Waals surface area (Å²) in [5, 5.41) is 21.2. The Morgan fingerprint density at radius 1 is 1.21 bits per heavy atom. The largest absolute Gasteiger partial charge is 0.479 e. The fourth-order valence-corrected chi connectivity index (χ4v) is 1.84. The highest BCUT2D eigenvalue weighted by molar-refractivity contribution is 7.07. The fourth-order valence-electron chi connectivity index (χ4n) is 1.17. The third-order valence-corrected chi connectivity index (χ3v) is 2.80. The fraction of sp³-hybridized carbons (Fsp3) is 0.538. The van der Waals surface area contributed by atoms with Crippen LogP contribution in [0.1, 0.15) is 33.3 Å². The van der Waals surface area contributed by atoms with E-state index in [4.69, 9.17) is 10.2 Å². The standard InChI is InChI=1S/C9H10O5S.2C2H6/c1-14-9(7(10)11,8(12)13)4-6-2-3-15-5-6;2*1-2/h2-3,5H,4H2,1H3,(H,10,11)(H,12,13);2*1-2H3. The van der Waals surface area contributed by atoms with Crippen LogP contribution in [0, 0.1) is 0 Å². The molecule has 2 N–H and O–H groups in total. The number of hydrogen-bond acceptors (Lipinski definition) is 4. The minimum Gasteiger partial charge on any atom is -0.479 e. The first kappa shape index (κ1) is 19.9. The van der Waals surface area contributed by atoms with Crippen molar-refractivity contribution in [2.75, 3.05) is 7.11 Å². The lowest BCUT2D eigenvalue weighted by atomic mass is 9.96. The highest BCUT2D eigenvalue weighted by Crippen LogP contribution is 2.20. The number of hydrogen-bond donors (Lipinski definition) is 2. The van der Waals surface area contributed by atoms with Gasteiger partial charge >= 0.3 is 11.9 Å². The third kappa shape index (κ3) is 5.40. The van der Waals surface area contributed by atoms with E-state index in [0.29, 0.717) is 5.56 Å². The quantitative estimate of drug-likeness (QED) is 0.815. The number of rotatable bonds is 5. The van der Waals surface area contributed by atoms with Gasteiger partial charge in [-0.1, -0.05) is 27.7 Å². The molecule has 6 heteroatoms. The van der Waals surface area contributed by atoms with Crippen LogP contribution >= 0.6 is 11.3 Å². The van der Waals surface area contributed by atoms with Gasteiger partial charge in [-0.2, -0.15) is 11.3 Å². The van der Waals surface area contributed by atoms with Crippen molar-refractivity contribution in [3.63, 3.8) is 0 Å². The van der Waals surface area contributed by atoms with Crippen LogP contribution in [0.15, 0.2) is 16.8 Å². The summed E-state index contributed by atoms with van der Waals surface area (Å²) >= 11 is 1.37. The molecule has 0 fully saturated rings. The summed E-state index contributed by atoms with van der Waals surface area (Å²) in [5.74, 6) is -2.99. The highest BCUT2D eigenvalue weighted by atomic mass is 32.1. The van der Waals surface area contributed by atoms with E-state index in [-0.39, 0.29) is 6.42 Å². The molecule has 5 nitrogen and oxygen atoms in total. The SMILES string of the molecule is CC.CC.COC(Cc1ccsc1)(C(=O)O)C(=O)O. The molecular formula is C13H22O5S. The van der Waals surface area contributed by atoms with Crippen LogP contribution in [-0.2, 0) is 20.7 Å². The van der Waals surface area contributed by atoms with E-state index in [0.717, 1.165) is 7.11 Å². The molecule has 1 rings (SSSR count). The molecule has 0 atom stereocenters. The average Bonchev–Trinajstić information content (AvgIpc) is 2.92. The molecule has 0 bridgehead atoms. The van der Waals surface area contributed by atoms with Gasteiger partial charge in [0.2, 0.25) is 0 Å². The molecule has 1 aromatic heterocycles. The summed E-state index contributed by atoms with van der Waals surface area (Å²) in [7, 11) is 1.08. The second-order valence-electron chi connectivity index (χ2n) is 2.95. The molecular weight excluding hydrogens is 268 g/mol. The first-order chi connectivity index (χ1) is 9.03. The van der Waals surface area contributed by atoms with E-state index in [1.165, 1.54) is 11.3 Å². The maximum atomic E-state index is 10.9. The van der Waals surface area contributed by atoms with Crippen LogP contribution in [0.4, 0.5) is 0 Å². The topological polar surface area (TPSA) is 83.8 Å². The van der Waals surface area contributed by atoms with Gasteiger partial charge in [0.25, 0.3) is 5.60 Å². The molecule has 0 radical (unpaired) electrons. The van der Waals surface area contributed by atoms with Crippen molar-refractivity contribution in [1.82, 2.24) is 0 Å². The molecule has 0 aromatic carbocycles. The van der Waals surface area contributed by atoms with E-state index in [1.54, 1.807) is 16.8 Å². The van der Waals surface area contributed by atoms with Gasteiger partial charge in [-0.15, -0.1) is 0 Å². The molecule has 0 unspecified atom stereocenters. The lowest BCUT2D eigenvalue weighted by Gasteiger charge is -2.22. The van der Waals surface area contributed by atoms with Crippen molar-refractivity contribution >= 4 is 23.3 Å². The Morgan fingerprint density at radius 2 is 1.68 bits per heavy atom. The van der Waals surface area contributed by atoms with Crippen molar-refractivity contribution in [1.29, 1.82) is 0 Å². The van der Waals surface area contributed by atoms with E-state index < -0.39 is 17.5 Å². The van der Waals surface area contributed by atoms with Gasteiger partial charge in [-0.05, 0) is 22.4 Å². The van der Waals surface area contributed by atoms with Gasteiger partial charge in [-0.3, -0.25) is 0 Å². The van der Waals surface area contributed by atoms with Crippen molar-refractivity contribution in [2.45, 2.75) is 39.7 Å². The number of carboxylic acid groups (broad SMARTS) is 2. The van der Waals surface area contributed by atoms with Crippen LogP contribution in [0.3, 0.4) is 0 Å². The van der Waals surface area contributed by atoms with E-state index in [1.807, 2.05) is 27.7 Å². The first-order valence-electron chi connectivity index (χ1n) is 6.06. The lowest BCUT2D eigenvalue weighted by molar-refractivity contribution is -0.179. The minimum absolute atomic E-state index is 0.183. The zero-order valence-electron chi connectivity index (χ0n) is 12.0. The lowest BCUT2D eigenvalue weighted by Crippen LogP contribution is -2.50. The van der Waals surface area contributed by atoms with Gasteiger partial charge in [0.05, 0.1) is 0 Å². The summed E-state index contributed by atoms with van der Waals surface area (Å²) in [4.78, 5) is 21.8. The second kappa shape index (κ2) is 10.5. The number of methoxy groups -OCH3 is 1. The maximum absolute atomic E-state index is 10.9.